The van der Waals surface area contributed by atoms with Crippen LogP contribution in [0.25, 0.3) is 10.6 Å². The number of hydrogen-bond donors (Lipinski definition) is 1. The van der Waals surface area contributed by atoms with Crippen LogP contribution in [-0.2, 0) is 13.0 Å². The maximum Gasteiger partial charge on any atom is 0.123 e. The number of thiazole rings is 1. The number of rotatable bonds is 5. The smallest absolute Gasteiger partial charge is 0.123 e. The summed E-state index contributed by atoms with van der Waals surface area (Å²) >= 11 is 1.71. The van der Waals surface area contributed by atoms with E-state index in [0.29, 0.717) is 6.54 Å². The van der Waals surface area contributed by atoms with Gasteiger partial charge >= 0.3 is 0 Å². The monoisotopic (exact) mass is 315 g/mol. The third-order valence-corrected chi connectivity index (χ3v) is 5.24. The molecule has 2 aromatic rings. The second kappa shape index (κ2) is 7.36. The summed E-state index contributed by atoms with van der Waals surface area (Å²) in [7, 11) is 0. The molecular formula is C18H25N3S. The lowest BCUT2D eigenvalue weighted by Crippen LogP contribution is -2.33. The van der Waals surface area contributed by atoms with E-state index in [4.69, 9.17) is 5.73 Å². The fourth-order valence-corrected chi connectivity index (χ4v) is 4.00. The Kier molecular flexibility index (Phi) is 5.24. The van der Waals surface area contributed by atoms with Gasteiger partial charge in [-0.3, -0.25) is 4.90 Å². The summed E-state index contributed by atoms with van der Waals surface area (Å²) in [5.74, 6) is 0.837. The van der Waals surface area contributed by atoms with E-state index in [1.54, 1.807) is 11.3 Å². The van der Waals surface area contributed by atoms with Crippen LogP contribution < -0.4 is 5.73 Å². The minimum absolute atomic E-state index is 0.663. The maximum absolute atomic E-state index is 5.59. The van der Waals surface area contributed by atoms with E-state index in [9.17, 15) is 0 Å². The van der Waals surface area contributed by atoms with E-state index in [1.165, 1.54) is 37.1 Å². The van der Waals surface area contributed by atoms with Gasteiger partial charge in [0, 0.05) is 30.5 Å². The Labute approximate surface area is 137 Å². The summed E-state index contributed by atoms with van der Waals surface area (Å²) in [6.45, 7) is 6.56. The average Bonchev–Trinajstić information content (AvgIpc) is 2.97. The average molecular weight is 315 g/mol. The first-order valence-corrected chi connectivity index (χ1v) is 9.08. The van der Waals surface area contributed by atoms with E-state index in [2.05, 4.69) is 46.5 Å². The Morgan fingerprint density at radius 3 is 2.86 bits per heavy atom. The van der Waals surface area contributed by atoms with Crippen LogP contribution in [0.1, 0.15) is 31.0 Å². The van der Waals surface area contributed by atoms with Gasteiger partial charge < -0.3 is 5.73 Å². The van der Waals surface area contributed by atoms with Crippen molar-refractivity contribution in [1.82, 2.24) is 9.88 Å². The van der Waals surface area contributed by atoms with Crippen LogP contribution in [-0.4, -0.2) is 29.5 Å². The van der Waals surface area contributed by atoms with Crippen molar-refractivity contribution in [1.29, 1.82) is 0 Å². The Balaban J connectivity index is 1.64. The summed E-state index contributed by atoms with van der Waals surface area (Å²) in [6.07, 6.45) is 3.58. The molecule has 1 aliphatic heterocycles. The van der Waals surface area contributed by atoms with Crippen molar-refractivity contribution in [2.75, 3.05) is 19.6 Å². The molecule has 2 N–H and O–H groups in total. The van der Waals surface area contributed by atoms with E-state index in [-0.39, 0.29) is 0 Å². The predicted octanol–water partition coefficient (Wildman–Crippen LogP) is 3.54. The number of nitrogens with zero attached hydrogens (tertiary/aromatic N) is 2. The maximum atomic E-state index is 5.59. The quantitative estimate of drug-likeness (QED) is 0.917. The molecular weight excluding hydrogens is 290 g/mol. The second-order valence-corrected chi connectivity index (χ2v) is 7.22. The van der Waals surface area contributed by atoms with Gasteiger partial charge in [0.25, 0.3) is 0 Å². The highest BCUT2D eigenvalue weighted by Gasteiger charge is 2.16. The third kappa shape index (κ3) is 3.94. The standard InChI is InChI=1S/C18H25N3S/c1-14-3-2-10-21(11-14)12-15-4-6-16(7-5-15)18-20-17(8-9-19)13-22-18/h4-7,13-14H,2-3,8-12,19H2,1H3. The Morgan fingerprint density at radius 1 is 1.32 bits per heavy atom. The van der Waals surface area contributed by atoms with Gasteiger partial charge in [-0.05, 0) is 37.4 Å². The first-order valence-electron chi connectivity index (χ1n) is 8.20. The topological polar surface area (TPSA) is 42.2 Å². The van der Waals surface area contributed by atoms with E-state index >= 15 is 0 Å². The van der Waals surface area contributed by atoms with Crippen LogP contribution in [0, 0.1) is 5.92 Å². The molecule has 1 aliphatic rings. The molecule has 1 fully saturated rings. The first kappa shape index (κ1) is 15.7. The minimum atomic E-state index is 0.663. The van der Waals surface area contributed by atoms with Gasteiger partial charge in [-0.1, -0.05) is 31.2 Å². The van der Waals surface area contributed by atoms with Crippen LogP contribution in [0.5, 0.6) is 0 Å². The zero-order valence-electron chi connectivity index (χ0n) is 13.3. The molecule has 0 radical (unpaired) electrons. The van der Waals surface area contributed by atoms with Crippen molar-refractivity contribution in [3.05, 3.63) is 40.9 Å². The van der Waals surface area contributed by atoms with Crippen LogP contribution in [0.4, 0.5) is 0 Å². The normalized spacial score (nSPS) is 19.5. The number of benzene rings is 1. The molecule has 1 atom stereocenters. The number of nitrogens with two attached hydrogens (primary N) is 1. The fraction of sp³-hybridized carbons (Fsp3) is 0.500. The molecule has 0 spiro atoms. The number of piperidine rings is 1. The van der Waals surface area contributed by atoms with Gasteiger partial charge in [0.15, 0.2) is 0 Å². The van der Waals surface area contributed by atoms with Crippen molar-refractivity contribution in [2.24, 2.45) is 11.7 Å². The molecule has 0 bridgehead atoms. The zero-order valence-corrected chi connectivity index (χ0v) is 14.1. The van der Waals surface area contributed by atoms with Crippen LogP contribution in [0.15, 0.2) is 29.6 Å². The van der Waals surface area contributed by atoms with Crippen molar-refractivity contribution >= 4 is 11.3 Å². The molecule has 2 heterocycles. The summed E-state index contributed by atoms with van der Waals surface area (Å²) in [5.41, 5.74) is 9.30. The summed E-state index contributed by atoms with van der Waals surface area (Å²) in [5, 5.41) is 3.21. The largest absolute Gasteiger partial charge is 0.330 e. The lowest BCUT2D eigenvalue weighted by molar-refractivity contribution is 0.176. The van der Waals surface area contributed by atoms with Gasteiger partial charge in [-0.2, -0.15) is 0 Å². The fourth-order valence-electron chi connectivity index (χ4n) is 3.14. The van der Waals surface area contributed by atoms with Gasteiger partial charge in [0.1, 0.15) is 5.01 Å². The van der Waals surface area contributed by atoms with Crippen LogP contribution in [0.2, 0.25) is 0 Å². The Hall–Kier alpha value is -1.23. The van der Waals surface area contributed by atoms with Crippen LogP contribution in [0.3, 0.4) is 0 Å². The number of likely N-dealkylation sites (tertiary alicyclic amines) is 1. The van der Waals surface area contributed by atoms with Crippen molar-refractivity contribution in [2.45, 2.75) is 32.7 Å². The first-order chi connectivity index (χ1) is 10.7. The Bertz CT molecular complexity index is 591. The Morgan fingerprint density at radius 2 is 2.14 bits per heavy atom. The molecule has 1 unspecified atom stereocenters. The third-order valence-electron chi connectivity index (χ3n) is 4.30. The molecule has 3 nitrogen and oxygen atoms in total. The second-order valence-electron chi connectivity index (χ2n) is 6.36. The van der Waals surface area contributed by atoms with Crippen LogP contribution >= 0.6 is 11.3 Å². The van der Waals surface area contributed by atoms with Crippen molar-refractivity contribution < 1.29 is 0 Å². The molecule has 1 aromatic heterocycles. The highest BCUT2D eigenvalue weighted by molar-refractivity contribution is 7.13. The minimum Gasteiger partial charge on any atom is -0.330 e. The number of aromatic nitrogens is 1. The molecule has 118 valence electrons. The van der Waals surface area contributed by atoms with Crippen molar-refractivity contribution in [3.63, 3.8) is 0 Å². The molecule has 1 saturated heterocycles. The van der Waals surface area contributed by atoms with Gasteiger partial charge in [-0.15, -0.1) is 11.3 Å². The van der Waals surface area contributed by atoms with Crippen molar-refractivity contribution in [3.8, 4) is 10.6 Å². The van der Waals surface area contributed by atoms with Gasteiger partial charge in [-0.25, -0.2) is 4.98 Å². The molecule has 22 heavy (non-hydrogen) atoms. The highest BCUT2D eigenvalue weighted by atomic mass is 32.1. The number of hydrogen-bond acceptors (Lipinski definition) is 4. The summed E-state index contributed by atoms with van der Waals surface area (Å²) in [6, 6.07) is 8.90. The van der Waals surface area contributed by atoms with E-state index < -0.39 is 0 Å². The molecule has 0 saturated carbocycles. The van der Waals surface area contributed by atoms with E-state index in [0.717, 1.165) is 29.6 Å². The lowest BCUT2D eigenvalue weighted by atomic mass is 10.00. The molecule has 1 aromatic carbocycles. The highest BCUT2D eigenvalue weighted by Crippen LogP contribution is 2.25. The molecule has 0 amide bonds. The molecule has 3 rings (SSSR count). The predicted molar refractivity (Wildman–Crippen MR) is 94.0 cm³/mol. The lowest BCUT2D eigenvalue weighted by Gasteiger charge is -2.30. The molecule has 4 heteroatoms. The van der Waals surface area contributed by atoms with Gasteiger partial charge in [0.2, 0.25) is 0 Å². The summed E-state index contributed by atoms with van der Waals surface area (Å²) in [4.78, 5) is 7.23. The summed E-state index contributed by atoms with van der Waals surface area (Å²) < 4.78 is 0. The van der Waals surface area contributed by atoms with Gasteiger partial charge in [0.05, 0.1) is 5.69 Å². The SMILES string of the molecule is CC1CCCN(Cc2ccc(-c3nc(CCN)cs3)cc2)C1. The van der Waals surface area contributed by atoms with E-state index in [1.807, 2.05) is 0 Å². The zero-order chi connectivity index (χ0) is 15.4. The molecule has 0 aliphatic carbocycles.